The van der Waals surface area contributed by atoms with Crippen LogP contribution in [0, 0.1) is 19.8 Å². The van der Waals surface area contributed by atoms with Crippen molar-refractivity contribution < 1.29 is 9.21 Å². The molecule has 1 amide bonds. The fourth-order valence-electron chi connectivity index (χ4n) is 1.95. The van der Waals surface area contributed by atoms with Crippen LogP contribution in [0.15, 0.2) is 22.6 Å². The van der Waals surface area contributed by atoms with Crippen LogP contribution in [0.1, 0.15) is 41.6 Å². The van der Waals surface area contributed by atoms with E-state index in [0.717, 1.165) is 17.1 Å². The Kier molecular flexibility index (Phi) is 4.27. The normalized spacial score (nSPS) is 11.1. The average molecular weight is 275 g/mol. The van der Waals surface area contributed by atoms with Crippen molar-refractivity contribution in [1.29, 1.82) is 0 Å². The lowest BCUT2D eigenvalue weighted by Crippen LogP contribution is -2.26. The number of hydrogen-bond donors (Lipinski definition) is 1. The van der Waals surface area contributed by atoms with Gasteiger partial charge < -0.3 is 9.73 Å². The lowest BCUT2D eigenvalue weighted by Gasteiger charge is -2.05. The summed E-state index contributed by atoms with van der Waals surface area (Å²) in [4.78, 5) is 11.9. The van der Waals surface area contributed by atoms with Crippen LogP contribution in [0.25, 0.3) is 0 Å². The first-order chi connectivity index (χ1) is 9.45. The summed E-state index contributed by atoms with van der Waals surface area (Å²) in [6.07, 6.45) is 0. The number of rotatable bonds is 5. The highest BCUT2D eigenvalue weighted by atomic mass is 16.4. The van der Waals surface area contributed by atoms with E-state index in [2.05, 4.69) is 24.3 Å². The molecule has 0 radical (unpaired) electrons. The molecule has 0 unspecified atom stereocenters. The van der Waals surface area contributed by atoms with Crippen LogP contribution >= 0.6 is 0 Å². The number of carbonyl (C=O) groups excluding carboxylic acids is 1. The van der Waals surface area contributed by atoms with Gasteiger partial charge in [0.25, 0.3) is 5.91 Å². The first-order valence-electron chi connectivity index (χ1n) is 6.83. The van der Waals surface area contributed by atoms with E-state index in [4.69, 9.17) is 4.42 Å². The van der Waals surface area contributed by atoms with Gasteiger partial charge in [-0.3, -0.25) is 9.48 Å². The first-order valence-corrected chi connectivity index (χ1v) is 6.83. The maximum Gasteiger partial charge on any atom is 0.287 e. The van der Waals surface area contributed by atoms with E-state index in [1.54, 1.807) is 6.07 Å². The van der Waals surface area contributed by atoms with Crippen molar-refractivity contribution in [2.75, 3.05) is 6.54 Å². The highest BCUT2D eigenvalue weighted by molar-refractivity contribution is 5.91. The number of furan rings is 1. The zero-order valence-electron chi connectivity index (χ0n) is 12.4. The number of carbonyl (C=O) groups is 1. The van der Waals surface area contributed by atoms with Crippen molar-refractivity contribution in [3.05, 3.63) is 41.1 Å². The molecule has 108 valence electrons. The Balaban J connectivity index is 2.02. The largest absolute Gasteiger partial charge is 0.454 e. The third-order valence-corrected chi connectivity index (χ3v) is 2.97. The molecule has 0 bridgehead atoms. The minimum Gasteiger partial charge on any atom is -0.454 e. The standard InChI is InChI=1S/C15H21N3O2/c1-10(2)8-16-15(19)14-6-5-13(20-14)9-18-12(4)7-11(3)17-18/h5-7,10H,8-9H2,1-4H3,(H,16,19). The van der Waals surface area contributed by atoms with Crippen LogP contribution in [-0.2, 0) is 6.54 Å². The summed E-state index contributed by atoms with van der Waals surface area (Å²) in [6, 6.07) is 5.54. The monoisotopic (exact) mass is 275 g/mol. The number of hydrogen-bond acceptors (Lipinski definition) is 3. The summed E-state index contributed by atoms with van der Waals surface area (Å²) in [5, 5.41) is 7.21. The van der Waals surface area contributed by atoms with Gasteiger partial charge in [-0.15, -0.1) is 0 Å². The molecule has 0 spiro atoms. The summed E-state index contributed by atoms with van der Waals surface area (Å²) in [7, 11) is 0. The molecule has 1 N–H and O–H groups in total. The lowest BCUT2D eigenvalue weighted by atomic mass is 10.2. The van der Waals surface area contributed by atoms with Crippen LogP contribution in [-0.4, -0.2) is 22.2 Å². The molecule has 2 rings (SSSR count). The van der Waals surface area contributed by atoms with E-state index in [1.165, 1.54) is 0 Å². The van der Waals surface area contributed by atoms with E-state index in [0.29, 0.717) is 24.8 Å². The Bertz CT molecular complexity index is 596. The van der Waals surface area contributed by atoms with Gasteiger partial charge in [0.2, 0.25) is 0 Å². The molecular formula is C15H21N3O2. The second-order valence-electron chi connectivity index (χ2n) is 5.45. The van der Waals surface area contributed by atoms with Crippen molar-refractivity contribution in [2.24, 2.45) is 5.92 Å². The predicted molar refractivity (Wildman–Crippen MR) is 76.7 cm³/mol. The Morgan fingerprint density at radius 2 is 2.15 bits per heavy atom. The fourth-order valence-corrected chi connectivity index (χ4v) is 1.95. The van der Waals surface area contributed by atoms with Gasteiger partial charge >= 0.3 is 0 Å². The number of amides is 1. The molecule has 0 atom stereocenters. The first kappa shape index (κ1) is 14.4. The van der Waals surface area contributed by atoms with Crippen molar-refractivity contribution in [3.63, 3.8) is 0 Å². The van der Waals surface area contributed by atoms with Crippen LogP contribution in [0.5, 0.6) is 0 Å². The SMILES string of the molecule is Cc1cc(C)n(Cc2ccc(C(=O)NCC(C)C)o2)n1. The van der Waals surface area contributed by atoms with E-state index < -0.39 is 0 Å². The number of nitrogens with zero attached hydrogens (tertiary/aromatic N) is 2. The number of aromatic nitrogens is 2. The van der Waals surface area contributed by atoms with E-state index in [-0.39, 0.29) is 5.91 Å². The van der Waals surface area contributed by atoms with Crippen LogP contribution in [0.4, 0.5) is 0 Å². The maximum atomic E-state index is 11.9. The number of aryl methyl sites for hydroxylation is 2. The lowest BCUT2D eigenvalue weighted by molar-refractivity contribution is 0.0919. The predicted octanol–water partition coefficient (Wildman–Crippen LogP) is 2.53. The second-order valence-corrected chi connectivity index (χ2v) is 5.45. The van der Waals surface area contributed by atoms with Crippen molar-refractivity contribution in [3.8, 4) is 0 Å². The van der Waals surface area contributed by atoms with Gasteiger partial charge in [-0.05, 0) is 38.0 Å². The molecule has 2 heterocycles. The summed E-state index contributed by atoms with van der Waals surface area (Å²) in [6.45, 7) is 9.24. The quantitative estimate of drug-likeness (QED) is 0.912. The molecule has 0 aliphatic rings. The van der Waals surface area contributed by atoms with Crippen LogP contribution in [0.3, 0.4) is 0 Å². The van der Waals surface area contributed by atoms with Crippen molar-refractivity contribution in [1.82, 2.24) is 15.1 Å². The molecule has 0 aliphatic heterocycles. The van der Waals surface area contributed by atoms with E-state index in [9.17, 15) is 4.79 Å². The molecule has 5 nitrogen and oxygen atoms in total. The zero-order valence-corrected chi connectivity index (χ0v) is 12.4. The van der Waals surface area contributed by atoms with Gasteiger partial charge in [-0.25, -0.2) is 0 Å². The van der Waals surface area contributed by atoms with Crippen LogP contribution < -0.4 is 5.32 Å². The molecule has 2 aromatic heterocycles. The van der Waals surface area contributed by atoms with Crippen molar-refractivity contribution in [2.45, 2.75) is 34.2 Å². The fraction of sp³-hybridized carbons (Fsp3) is 0.467. The minimum atomic E-state index is -0.168. The Morgan fingerprint density at radius 1 is 1.40 bits per heavy atom. The Labute approximate surface area is 119 Å². The highest BCUT2D eigenvalue weighted by Crippen LogP contribution is 2.11. The molecule has 0 aromatic carbocycles. The number of nitrogens with one attached hydrogen (secondary N) is 1. The molecule has 0 aliphatic carbocycles. The molecule has 0 saturated heterocycles. The average Bonchev–Trinajstić information content (AvgIpc) is 2.94. The van der Waals surface area contributed by atoms with Gasteiger partial charge in [0.1, 0.15) is 5.76 Å². The summed E-state index contributed by atoms with van der Waals surface area (Å²) in [5.41, 5.74) is 2.05. The second kappa shape index (κ2) is 5.94. The van der Waals surface area contributed by atoms with Gasteiger partial charge in [0, 0.05) is 12.2 Å². The van der Waals surface area contributed by atoms with Gasteiger partial charge in [-0.2, -0.15) is 5.10 Å². The summed E-state index contributed by atoms with van der Waals surface area (Å²) in [5.74, 6) is 1.33. The Hall–Kier alpha value is -2.04. The van der Waals surface area contributed by atoms with Crippen LogP contribution in [0.2, 0.25) is 0 Å². The topological polar surface area (TPSA) is 60.1 Å². The van der Waals surface area contributed by atoms with E-state index in [1.807, 2.05) is 30.7 Å². The molecule has 0 fully saturated rings. The smallest absolute Gasteiger partial charge is 0.287 e. The molecule has 20 heavy (non-hydrogen) atoms. The molecular weight excluding hydrogens is 254 g/mol. The van der Waals surface area contributed by atoms with E-state index >= 15 is 0 Å². The highest BCUT2D eigenvalue weighted by Gasteiger charge is 2.12. The maximum absolute atomic E-state index is 11.9. The Morgan fingerprint density at radius 3 is 2.75 bits per heavy atom. The third kappa shape index (κ3) is 3.50. The molecule has 2 aromatic rings. The zero-order chi connectivity index (χ0) is 14.7. The summed E-state index contributed by atoms with van der Waals surface area (Å²) >= 11 is 0. The van der Waals surface area contributed by atoms with Gasteiger partial charge in [-0.1, -0.05) is 13.8 Å². The van der Waals surface area contributed by atoms with Gasteiger partial charge in [0.05, 0.1) is 12.2 Å². The van der Waals surface area contributed by atoms with Gasteiger partial charge in [0.15, 0.2) is 5.76 Å². The third-order valence-electron chi connectivity index (χ3n) is 2.97. The molecule has 5 heteroatoms. The minimum absolute atomic E-state index is 0.168. The molecule has 0 saturated carbocycles. The van der Waals surface area contributed by atoms with Crippen molar-refractivity contribution >= 4 is 5.91 Å². The summed E-state index contributed by atoms with van der Waals surface area (Å²) < 4.78 is 7.44.